The summed E-state index contributed by atoms with van der Waals surface area (Å²) >= 11 is 0. The van der Waals surface area contributed by atoms with Crippen molar-refractivity contribution in [1.29, 1.82) is 0 Å². The number of aliphatic hydroxyl groups is 1. The van der Waals surface area contributed by atoms with Crippen LogP contribution in [0.15, 0.2) is 78.4 Å². The van der Waals surface area contributed by atoms with Gasteiger partial charge in [0.15, 0.2) is 0 Å². The lowest BCUT2D eigenvalue weighted by atomic mass is 9.94. The first-order valence-electron chi connectivity index (χ1n) is 10.7. The van der Waals surface area contributed by atoms with Crippen LogP contribution in [0, 0.1) is 6.92 Å². The van der Waals surface area contributed by atoms with Crippen LogP contribution >= 0.6 is 0 Å². The molecule has 1 fully saturated rings. The lowest BCUT2D eigenvalue weighted by molar-refractivity contribution is -0.132. The Labute approximate surface area is 197 Å². The van der Waals surface area contributed by atoms with Gasteiger partial charge in [0.25, 0.3) is 11.7 Å². The molecule has 1 aliphatic rings. The number of methoxy groups -OCH3 is 1. The Balaban J connectivity index is 1.95. The zero-order chi connectivity index (χ0) is 24.4. The van der Waals surface area contributed by atoms with Crippen molar-refractivity contribution in [2.24, 2.45) is 0 Å². The molecule has 3 aromatic carbocycles. The normalized spacial score (nSPS) is 17.0. The first kappa shape index (κ1) is 22.8. The Kier molecular flexibility index (Phi) is 6.19. The van der Waals surface area contributed by atoms with Crippen molar-refractivity contribution in [2.75, 3.05) is 17.3 Å². The predicted octanol–water partition coefficient (Wildman–Crippen LogP) is 4.59. The molecule has 0 radical (unpaired) electrons. The van der Waals surface area contributed by atoms with Gasteiger partial charge in [0.1, 0.15) is 11.5 Å². The topological polar surface area (TPSA) is 95.9 Å². The third-order valence-electron chi connectivity index (χ3n) is 5.65. The maximum absolute atomic E-state index is 13.3. The van der Waals surface area contributed by atoms with Crippen LogP contribution < -0.4 is 15.0 Å². The van der Waals surface area contributed by atoms with Gasteiger partial charge in [-0.05, 0) is 31.2 Å². The molecule has 1 aliphatic heterocycles. The highest BCUT2D eigenvalue weighted by Gasteiger charge is 2.48. The maximum Gasteiger partial charge on any atom is 0.300 e. The number of amides is 2. The Morgan fingerprint density at radius 3 is 2.38 bits per heavy atom. The summed E-state index contributed by atoms with van der Waals surface area (Å²) in [5.41, 5.74) is 2.80. The lowest BCUT2D eigenvalue weighted by Crippen LogP contribution is -2.29. The SMILES string of the molecule is COc1ccccc1C1/C(=C(\O)c2ccc(C)cc2)C(=O)C(=O)N1c1cccc(NC(C)=O)c1. The number of nitrogens with one attached hydrogen (secondary N) is 1. The molecule has 2 N–H and O–H groups in total. The van der Waals surface area contributed by atoms with E-state index in [4.69, 9.17) is 4.74 Å². The van der Waals surface area contributed by atoms with Crippen LogP contribution in [-0.2, 0) is 14.4 Å². The molecule has 1 heterocycles. The largest absolute Gasteiger partial charge is 0.507 e. The monoisotopic (exact) mass is 456 g/mol. The quantitative estimate of drug-likeness (QED) is 0.333. The second-order valence-electron chi connectivity index (χ2n) is 8.01. The van der Waals surface area contributed by atoms with Crippen molar-refractivity contribution in [3.63, 3.8) is 0 Å². The molecule has 0 saturated carbocycles. The third-order valence-corrected chi connectivity index (χ3v) is 5.65. The summed E-state index contributed by atoms with van der Waals surface area (Å²) in [7, 11) is 1.50. The summed E-state index contributed by atoms with van der Waals surface area (Å²) in [6.07, 6.45) is 0. The molecule has 4 rings (SSSR count). The number of ketones is 1. The number of hydrogen-bond donors (Lipinski definition) is 2. The van der Waals surface area contributed by atoms with Crippen LogP contribution in [0.2, 0.25) is 0 Å². The summed E-state index contributed by atoms with van der Waals surface area (Å²) in [6.45, 7) is 3.30. The molecule has 0 spiro atoms. The third kappa shape index (κ3) is 4.15. The van der Waals surface area contributed by atoms with Gasteiger partial charge in [0.05, 0.1) is 18.7 Å². The molecular weight excluding hydrogens is 432 g/mol. The van der Waals surface area contributed by atoms with Gasteiger partial charge >= 0.3 is 0 Å². The van der Waals surface area contributed by atoms with Gasteiger partial charge in [0, 0.05) is 29.4 Å². The maximum atomic E-state index is 13.3. The molecule has 1 unspecified atom stereocenters. The predicted molar refractivity (Wildman–Crippen MR) is 130 cm³/mol. The fraction of sp³-hybridized carbons (Fsp3) is 0.148. The molecule has 1 saturated heterocycles. The zero-order valence-corrected chi connectivity index (χ0v) is 19.0. The highest BCUT2D eigenvalue weighted by atomic mass is 16.5. The number of Topliss-reactive ketones (excluding diaryl/α,β-unsaturated/α-hetero) is 1. The molecule has 7 heteroatoms. The molecule has 1 atom stereocenters. The molecule has 0 bridgehead atoms. The van der Waals surface area contributed by atoms with Gasteiger partial charge in [-0.1, -0.05) is 54.1 Å². The van der Waals surface area contributed by atoms with E-state index in [0.29, 0.717) is 28.3 Å². The van der Waals surface area contributed by atoms with Gasteiger partial charge in [0.2, 0.25) is 5.91 Å². The second-order valence-corrected chi connectivity index (χ2v) is 8.01. The highest BCUT2D eigenvalue weighted by molar-refractivity contribution is 6.51. The average Bonchev–Trinajstić information content (AvgIpc) is 3.09. The van der Waals surface area contributed by atoms with Crippen molar-refractivity contribution in [3.05, 3.63) is 95.1 Å². The highest BCUT2D eigenvalue weighted by Crippen LogP contribution is 2.45. The van der Waals surface area contributed by atoms with Gasteiger partial charge in [-0.25, -0.2) is 0 Å². The molecule has 0 aromatic heterocycles. The Bertz CT molecular complexity index is 1310. The van der Waals surface area contributed by atoms with Crippen LogP contribution in [0.5, 0.6) is 5.75 Å². The molecule has 2 amide bonds. The minimum Gasteiger partial charge on any atom is -0.507 e. The molecular formula is C27H24N2O5. The lowest BCUT2D eigenvalue weighted by Gasteiger charge is -2.27. The number of hydrogen-bond acceptors (Lipinski definition) is 5. The summed E-state index contributed by atoms with van der Waals surface area (Å²) in [5, 5.41) is 13.9. The number of ether oxygens (including phenoxy) is 1. The number of para-hydroxylation sites is 1. The molecule has 3 aromatic rings. The molecule has 34 heavy (non-hydrogen) atoms. The molecule has 7 nitrogen and oxygen atoms in total. The Hall–Kier alpha value is -4.39. The van der Waals surface area contributed by atoms with Crippen LogP contribution in [0.1, 0.15) is 29.7 Å². The average molecular weight is 456 g/mol. The van der Waals surface area contributed by atoms with E-state index in [9.17, 15) is 19.5 Å². The Morgan fingerprint density at radius 1 is 1.00 bits per heavy atom. The van der Waals surface area contributed by atoms with E-state index < -0.39 is 17.7 Å². The van der Waals surface area contributed by atoms with Crippen LogP contribution in [0.25, 0.3) is 5.76 Å². The first-order valence-corrected chi connectivity index (χ1v) is 10.7. The van der Waals surface area contributed by atoms with Crippen LogP contribution in [-0.4, -0.2) is 29.8 Å². The van der Waals surface area contributed by atoms with E-state index in [1.807, 2.05) is 19.1 Å². The molecule has 0 aliphatic carbocycles. The number of aliphatic hydroxyl groups excluding tert-OH is 1. The fourth-order valence-corrected chi connectivity index (χ4v) is 4.09. The van der Waals surface area contributed by atoms with Crippen molar-refractivity contribution < 1.29 is 24.2 Å². The Morgan fingerprint density at radius 2 is 1.71 bits per heavy atom. The molecule has 172 valence electrons. The van der Waals surface area contributed by atoms with E-state index in [2.05, 4.69) is 5.32 Å². The summed E-state index contributed by atoms with van der Waals surface area (Å²) < 4.78 is 5.53. The number of benzene rings is 3. The van der Waals surface area contributed by atoms with Crippen molar-refractivity contribution in [2.45, 2.75) is 19.9 Å². The van der Waals surface area contributed by atoms with E-state index in [1.165, 1.54) is 18.9 Å². The minimum absolute atomic E-state index is 0.0386. The van der Waals surface area contributed by atoms with Crippen molar-refractivity contribution in [1.82, 2.24) is 0 Å². The van der Waals surface area contributed by atoms with Crippen LogP contribution in [0.4, 0.5) is 11.4 Å². The number of carbonyl (C=O) groups is 3. The minimum atomic E-state index is -0.940. The summed E-state index contributed by atoms with van der Waals surface area (Å²) in [5.74, 6) is -1.66. The summed E-state index contributed by atoms with van der Waals surface area (Å²) in [4.78, 5) is 39.5. The standard InChI is InChI=1S/C27H24N2O5/c1-16-11-13-18(14-12-16)25(31)23-24(21-9-4-5-10-22(21)34-3)29(27(33)26(23)32)20-8-6-7-19(15-20)28-17(2)30/h4-15,24,31H,1-3H3,(H,28,30)/b25-23+. The zero-order valence-electron chi connectivity index (χ0n) is 19.0. The van der Waals surface area contributed by atoms with Gasteiger partial charge in [-0.15, -0.1) is 0 Å². The van der Waals surface area contributed by atoms with E-state index in [-0.39, 0.29) is 17.2 Å². The number of aryl methyl sites for hydroxylation is 1. The van der Waals surface area contributed by atoms with E-state index in [0.717, 1.165) is 5.56 Å². The van der Waals surface area contributed by atoms with Gasteiger partial charge < -0.3 is 15.2 Å². The number of carbonyl (C=O) groups excluding carboxylic acids is 3. The number of nitrogens with zero attached hydrogens (tertiary/aromatic N) is 1. The van der Waals surface area contributed by atoms with E-state index in [1.54, 1.807) is 60.7 Å². The number of rotatable bonds is 5. The van der Waals surface area contributed by atoms with E-state index >= 15 is 0 Å². The first-order chi connectivity index (χ1) is 16.3. The smallest absolute Gasteiger partial charge is 0.300 e. The number of anilines is 2. The second kappa shape index (κ2) is 9.23. The van der Waals surface area contributed by atoms with Gasteiger partial charge in [-0.2, -0.15) is 0 Å². The van der Waals surface area contributed by atoms with Crippen LogP contribution in [0.3, 0.4) is 0 Å². The fourth-order valence-electron chi connectivity index (χ4n) is 4.09. The summed E-state index contributed by atoms with van der Waals surface area (Å²) in [6, 6.07) is 19.8. The van der Waals surface area contributed by atoms with Crippen molar-refractivity contribution >= 4 is 34.7 Å². The van der Waals surface area contributed by atoms with Gasteiger partial charge in [-0.3, -0.25) is 19.3 Å². The van der Waals surface area contributed by atoms with Crippen molar-refractivity contribution in [3.8, 4) is 5.75 Å².